The molecule has 20 heavy (non-hydrogen) atoms. The van der Waals surface area contributed by atoms with Crippen LogP contribution in [-0.2, 0) is 14.6 Å². The van der Waals surface area contributed by atoms with Gasteiger partial charge in [0.05, 0.1) is 11.5 Å². The summed E-state index contributed by atoms with van der Waals surface area (Å²) < 4.78 is 23.1. The van der Waals surface area contributed by atoms with Crippen LogP contribution in [0.5, 0.6) is 0 Å². The number of sulfone groups is 1. The van der Waals surface area contributed by atoms with Gasteiger partial charge in [-0.15, -0.1) is 0 Å². The Hall–Kier alpha value is -0.620. The SMILES string of the molecule is CCCCC(CCC)NC(=O)CC1CS(=O)(=O)CCN1. The molecule has 1 aliphatic heterocycles. The van der Waals surface area contributed by atoms with Crippen molar-refractivity contribution < 1.29 is 13.2 Å². The second-order valence-electron chi connectivity index (χ2n) is 5.66. The Morgan fingerprint density at radius 3 is 2.65 bits per heavy atom. The highest BCUT2D eigenvalue weighted by Gasteiger charge is 2.26. The molecule has 1 rings (SSSR count). The summed E-state index contributed by atoms with van der Waals surface area (Å²) in [5.74, 6) is 0.225. The summed E-state index contributed by atoms with van der Waals surface area (Å²) in [5.41, 5.74) is 0. The summed E-state index contributed by atoms with van der Waals surface area (Å²) in [6.45, 7) is 4.70. The number of nitrogens with one attached hydrogen (secondary N) is 2. The molecule has 0 radical (unpaired) electrons. The highest BCUT2D eigenvalue weighted by molar-refractivity contribution is 7.91. The van der Waals surface area contributed by atoms with Crippen LogP contribution in [0.1, 0.15) is 52.4 Å². The van der Waals surface area contributed by atoms with Gasteiger partial charge in [-0.25, -0.2) is 8.42 Å². The highest BCUT2D eigenvalue weighted by Crippen LogP contribution is 2.09. The number of carbonyl (C=O) groups is 1. The van der Waals surface area contributed by atoms with Crippen LogP contribution < -0.4 is 10.6 Å². The van der Waals surface area contributed by atoms with E-state index in [2.05, 4.69) is 24.5 Å². The number of carbonyl (C=O) groups excluding carboxylic acids is 1. The predicted octanol–water partition coefficient (Wildman–Crippen LogP) is 1.24. The fourth-order valence-electron chi connectivity index (χ4n) is 2.60. The van der Waals surface area contributed by atoms with E-state index < -0.39 is 9.84 Å². The molecule has 0 bridgehead atoms. The van der Waals surface area contributed by atoms with Crippen molar-refractivity contribution in [2.24, 2.45) is 0 Å². The lowest BCUT2D eigenvalue weighted by Gasteiger charge is -2.24. The van der Waals surface area contributed by atoms with Crippen molar-refractivity contribution in [2.75, 3.05) is 18.1 Å². The van der Waals surface area contributed by atoms with Crippen LogP contribution in [0.25, 0.3) is 0 Å². The second kappa shape index (κ2) is 8.62. The van der Waals surface area contributed by atoms with E-state index in [0.717, 1.165) is 32.1 Å². The van der Waals surface area contributed by atoms with Gasteiger partial charge in [-0.1, -0.05) is 33.1 Å². The number of rotatable bonds is 8. The first kappa shape index (κ1) is 17.4. The van der Waals surface area contributed by atoms with Crippen molar-refractivity contribution in [3.05, 3.63) is 0 Å². The number of amides is 1. The van der Waals surface area contributed by atoms with Crippen molar-refractivity contribution in [3.63, 3.8) is 0 Å². The minimum absolute atomic E-state index is 0.0332. The van der Waals surface area contributed by atoms with Gasteiger partial charge in [-0.3, -0.25) is 4.79 Å². The first-order valence-corrected chi connectivity index (χ1v) is 9.52. The lowest BCUT2D eigenvalue weighted by atomic mass is 10.0. The first-order valence-electron chi connectivity index (χ1n) is 7.70. The van der Waals surface area contributed by atoms with Gasteiger partial charge in [0.2, 0.25) is 5.91 Å². The number of unbranched alkanes of at least 4 members (excludes halogenated alkanes) is 1. The largest absolute Gasteiger partial charge is 0.353 e. The topological polar surface area (TPSA) is 75.3 Å². The zero-order valence-electron chi connectivity index (χ0n) is 12.7. The van der Waals surface area contributed by atoms with Crippen molar-refractivity contribution in [3.8, 4) is 0 Å². The standard InChI is InChI=1S/C14H28N2O3S/c1-3-5-7-12(6-4-2)16-14(17)10-13-11-20(18,19)9-8-15-13/h12-13,15H,3-11H2,1-2H3,(H,16,17). The Morgan fingerprint density at radius 2 is 2.05 bits per heavy atom. The molecular formula is C14H28N2O3S. The molecule has 1 heterocycles. The fraction of sp³-hybridized carbons (Fsp3) is 0.929. The fourth-order valence-corrected chi connectivity index (χ4v) is 4.04. The van der Waals surface area contributed by atoms with Crippen LogP contribution in [0.15, 0.2) is 0 Å². The molecule has 2 N–H and O–H groups in total. The minimum Gasteiger partial charge on any atom is -0.353 e. The maximum absolute atomic E-state index is 12.0. The molecule has 0 aliphatic carbocycles. The van der Waals surface area contributed by atoms with E-state index >= 15 is 0 Å². The van der Waals surface area contributed by atoms with E-state index in [0.29, 0.717) is 6.54 Å². The van der Waals surface area contributed by atoms with E-state index in [9.17, 15) is 13.2 Å². The Labute approximate surface area is 122 Å². The van der Waals surface area contributed by atoms with Gasteiger partial charge in [0.1, 0.15) is 0 Å². The molecule has 0 aromatic rings. The molecule has 2 unspecified atom stereocenters. The Morgan fingerprint density at radius 1 is 1.30 bits per heavy atom. The maximum Gasteiger partial charge on any atom is 0.221 e. The third-order valence-electron chi connectivity index (χ3n) is 3.64. The molecule has 6 heteroatoms. The van der Waals surface area contributed by atoms with Gasteiger partial charge in [0.25, 0.3) is 0 Å². The smallest absolute Gasteiger partial charge is 0.221 e. The highest BCUT2D eigenvalue weighted by atomic mass is 32.2. The molecule has 0 spiro atoms. The predicted molar refractivity (Wildman–Crippen MR) is 81.4 cm³/mol. The van der Waals surface area contributed by atoms with Crippen LogP contribution in [0.3, 0.4) is 0 Å². The van der Waals surface area contributed by atoms with Crippen molar-refractivity contribution in [1.82, 2.24) is 10.6 Å². The molecule has 0 saturated carbocycles. The van der Waals surface area contributed by atoms with E-state index in [1.165, 1.54) is 0 Å². The summed E-state index contributed by atoms with van der Waals surface area (Å²) >= 11 is 0. The molecule has 118 valence electrons. The summed E-state index contributed by atoms with van der Waals surface area (Å²) in [4.78, 5) is 12.0. The summed E-state index contributed by atoms with van der Waals surface area (Å²) in [5, 5.41) is 6.17. The van der Waals surface area contributed by atoms with Gasteiger partial charge in [-0.2, -0.15) is 0 Å². The first-order chi connectivity index (χ1) is 9.46. The van der Waals surface area contributed by atoms with Crippen LogP contribution in [-0.4, -0.2) is 44.5 Å². The molecule has 0 aromatic heterocycles. The van der Waals surface area contributed by atoms with Gasteiger partial charge >= 0.3 is 0 Å². The third kappa shape index (κ3) is 6.70. The van der Waals surface area contributed by atoms with Gasteiger partial charge in [0.15, 0.2) is 9.84 Å². The van der Waals surface area contributed by atoms with Crippen LogP contribution in [0, 0.1) is 0 Å². The Bertz CT molecular complexity index is 395. The molecule has 0 aromatic carbocycles. The monoisotopic (exact) mass is 304 g/mol. The Kier molecular flexibility index (Phi) is 7.51. The van der Waals surface area contributed by atoms with E-state index in [4.69, 9.17) is 0 Å². The van der Waals surface area contributed by atoms with Crippen molar-refractivity contribution in [2.45, 2.75) is 64.5 Å². The normalized spacial score (nSPS) is 23.2. The average molecular weight is 304 g/mol. The molecule has 5 nitrogen and oxygen atoms in total. The lowest BCUT2D eigenvalue weighted by molar-refractivity contribution is -0.122. The third-order valence-corrected chi connectivity index (χ3v) is 5.38. The molecule has 1 fully saturated rings. The quantitative estimate of drug-likeness (QED) is 0.707. The molecular weight excluding hydrogens is 276 g/mol. The minimum atomic E-state index is -2.97. The zero-order valence-corrected chi connectivity index (χ0v) is 13.5. The summed E-state index contributed by atoms with van der Waals surface area (Å²) in [7, 11) is -2.97. The van der Waals surface area contributed by atoms with Gasteiger partial charge in [0, 0.05) is 25.0 Å². The Balaban J connectivity index is 2.40. The van der Waals surface area contributed by atoms with Gasteiger partial charge < -0.3 is 10.6 Å². The second-order valence-corrected chi connectivity index (χ2v) is 7.89. The molecule has 1 saturated heterocycles. The number of hydrogen-bond donors (Lipinski definition) is 2. The maximum atomic E-state index is 12.0. The van der Waals surface area contributed by atoms with E-state index in [-0.39, 0.29) is 35.9 Å². The van der Waals surface area contributed by atoms with Crippen molar-refractivity contribution >= 4 is 15.7 Å². The van der Waals surface area contributed by atoms with Crippen LogP contribution >= 0.6 is 0 Å². The van der Waals surface area contributed by atoms with Crippen LogP contribution in [0.2, 0.25) is 0 Å². The molecule has 1 aliphatic rings. The zero-order chi connectivity index (χ0) is 15.0. The summed E-state index contributed by atoms with van der Waals surface area (Å²) in [6, 6.07) is -0.00477. The van der Waals surface area contributed by atoms with Crippen molar-refractivity contribution in [1.29, 1.82) is 0 Å². The number of hydrogen-bond acceptors (Lipinski definition) is 4. The van der Waals surface area contributed by atoms with Crippen LogP contribution in [0.4, 0.5) is 0 Å². The van der Waals surface area contributed by atoms with Gasteiger partial charge in [-0.05, 0) is 12.8 Å². The van der Waals surface area contributed by atoms with E-state index in [1.54, 1.807) is 0 Å². The molecule has 2 atom stereocenters. The van der Waals surface area contributed by atoms with E-state index in [1.807, 2.05) is 0 Å². The molecule has 1 amide bonds. The lowest BCUT2D eigenvalue weighted by Crippen LogP contribution is -2.48. The average Bonchev–Trinajstić information content (AvgIpc) is 2.34. The summed E-state index contributed by atoms with van der Waals surface area (Å²) in [6.07, 6.45) is 5.53.